The Balaban J connectivity index is 1.61. The SMILES string of the molecule is C[C@H](c1nccnc1N)N(C)c1nc(O[C@@H]2COC[C@@H]2N(C)C)nc2c(F)c(-c3c(F)cc(F)c4sc(N)c(C#N)c34)c(Cl)cc12. The summed E-state index contributed by atoms with van der Waals surface area (Å²) in [5.74, 6) is -2.72. The summed E-state index contributed by atoms with van der Waals surface area (Å²) in [4.78, 5) is 21.2. The fourth-order valence-electron chi connectivity index (χ4n) is 5.59. The van der Waals surface area contributed by atoms with Crippen LogP contribution in [0.15, 0.2) is 24.5 Å². The Morgan fingerprint density at radius 2 is 1.83 bits per heavy atom. The van der Waals surface area contributed by atoms with Crippen LogP contribution in [0, 0.1) is 28.8 Å². The Labute approximate surface area is 270 Å². The highest BCUT2D eigenvalue weighted by Gasteiger charge is 2.34. The van der Waals surface area contributed by atoms with Gasteiger partial charge in [-0.3, -0.25) is 4.98 Å². The van der Waals surface area contributed by atoms with E-state index < -0.39 is 40.7 Å². The summed E-state index contributed by atoms with van der Waals surface area (Å²) < 4.78 is 59.1. The molecule has 1 saturated heterocycles. The summed E-state index contributed by atoms with van der Waals surface area (Å²) in [6, 6.07) is 3.03. The second-order valence-electron chi connectivity index (χ2n) is 11.0. The van der Waals surface area contributed by atoms with Gasteiger partial charge >= 0.3 is 6.01 Å². The van der Waals surface area contributed by atoms with E-state index in [2.05, 4.69) is 19.9 Å². The first-order valence-electron chi connectivity index (χ1n) is 13.9. The first-order valence-corrected chi connectivity index (χ1v) is 15.1. The van der Waals surface area contributed by atoms with Crippen LogP contribution in [0.2, 0.25) is 5.02 Å². The minimum atomic E-state index is -1.13. The number of hydrogen-bond acceptors (Lipinski definition) is 12. The highest BCUT2D eigenvalue weighted by molar-refractivity contribution is 7.23. The number of halogens is 4. The van der Waals surface area contributed by atoms with Gasteiger partial charge in [-0.25, -0.2) is 18.2 Å². The first-order chi connectivity index (χ1) is 21.9. The smallest absolute Gasteiger partial charge is 0.319 e. The van der Waals surface area contributed by atoms with Gasteiger partial charge in [0.05, 0.1) is 40.6 Å². The lowest BCUT2D eigenvalue weighted by atomic mass is 9.96. The highest BCUT2D eigenvalue weighted by atomic mass is 35.5. The average Bonchev–Trinajstić information content (AvgIpc) is 3.62. The van der Waals surface area contributed by atoms with Crippen LogP contribution in [-0.2, 0) is 4.74 Å². The number of aromatic nitrogens is 4. The summed E-state index contributed by atoms with van der Waals surface area (Å²) in [6.07, 6.45) is 2.47. The topological polar surface area (TPSA) is 152 Å². The van der Waals surface area contributed by atoms with Gasteiger partial charge in [0.25, 0.3) is 0 Å². The molecule has 16 heteroatoms. The van der Waals surface area contributed by atoms with Crippen molar-refractivity contribution in [2.24, 2.45) is 0 Å². The zero-order valence-corrected chi connectivity index (χ0v) is 26.5. The van der Waals surface area contributed by atoms with Crippen molar-refractivity contribution >= 4 is 60.6 Å². The summed E-state index contributed by atoms with van der Waals surface area (Å²) in [5, 5.41) is 9.48. The number of ether oxygens (including phenoxy) is 2. The Bertz CT molecular complexity index is 2060. The van der Waals surface area contributed by atoms with Gasteiger partial charge in [-0.05, 0) is 27.1 Å². The number of hydrogen-bond donors (Lipinski definition) is 2. The van der Waals surface area contributed by atoms with E-state index in [-0.39, 0.29) is 66.9 Å². The Morgan fingerprint density at radius 3 is 2.52 bits per heavy atom. The normalized spacial score (nSPS) is 17.1. The standard InChI is InChI=1S/C30H27ClF3N9O2S/c1-12(24-27(36)39-6-5-38-24)43(4)29-13-7-15(31)21(22-16(32)8-17(33)26-20(22)14(9-35)28(37)46-26)23(34)25(13)40-30(41-29)45-19-11-44-10-18(19)42(2)3/h5-8,12,18-19H,10-11,37H2,1-4H3,(H2,36,39)/t12-,18+,19-/m1/s1. The summed E-state index contributed by atoms with van der Waals surface area (Å²) in [6.45, 7) is 2.45. The highest BCUT2D eigenvalue weighted by Crippen LogP contribution is 2.47. The maximum absolute atomic E-state index is 16.9. The molecule has 3 aromatic heterocycles. The first kappa shape index (κ1) is 31.5. The number of likely N-dealkylation sites (N-methyl/N-ethyl adjacent to an activating group) is 1. The van der Waals surface area contributed by atoms with Crippen LogP contribution in [0.4, 0.5) is 29.8 Å². The van der Waals surface area contributed by atoms with Crippen molar-refractivity contribution in [2.45, 2.75) is 25.1 Å². The molecule has 2 aromatic carbocycles. The van der Waals surface area contributed by atoms with Crippen LogP contribution in [0.25, 0.3) is 32.1 Å². The number of anilines is 3. The molecule has 46 heavy (non-hydrogen) atoms. The molecule has 3 atom stereocenters. The van der Waals surface area contributed by atoms with E-state index in [1.807, 2.05) is 32.0 Å². The fraction of sp³-hybridized carbons (Fsp3) is 0.300. The maximum Gasteiger partial charge on any atom is 0.319 e. The van der Waals surface area contributed by atoms with E-state index in [1.165, 1.54) is 18.5 Å². The molecule has 11 nitrogen and oxygen atoms in total. The van der Waals surface area contributed by atoms with Crippen molar-refractivity contribution < 1.29 is 22.6 Å². The lowest BCUT2D eigenvalue weighted by molar-refractivity contribution is 0.117. The molecule has 0 saturated carbocycles. The predicted octanol–water partition coefficient (Wildman–Crippen LogP) is 5.31. The number of nitrogen functional groups attached to an aromatic ring is 2. The number of thiophene rings is 1. The van der Waals surface area contributed by atoms with Gasteiger partial charge in [-0.1, -0.05) is 11.6 Å². The van der Waals surface area contributed by atoms with Gasteiger partial charge in [0.1, 0.15) is 51.7 Å². The molecule has 0 aliphatic carbocycles. The fourth-order valence-corrected chi connectivity index (χ4v) is 6.81. The lowest BCUT2D eigenvalue weighted by Gasteiger charge is -2.28. The molecule has 0 unspecified atom stereocenters. The van der Waals surface area contributed by atoms with Crippen molar-refractivity contribution in [2.75, 3.05) is 50.7 Å². The molecular formula is C30H27ClF3N9O2S. The third kappa shape index (κ3) is 5.17. The van der Waals surface area contributed by atoms with Crippen molar-refractivity contribution in [3.05, 3.63) is 58.3 Å². The minimum Gasteiger partial charge on any atom is -0.456 e. The van der Waals surface area contributed by atoms with E-state index in [0.717, 1.165) is 11.3 Å². The van der Waals surface area contributed by atoms with Crippen molar-refractivity contribution in [1.82, 2.24) is 24.8 Å². The van der Waals surface area contributed by atoms with Crippen LogP contribution in [0.3, 0.4) is 0 Å². The number of nitriles is 1. The Hall–Kier alpha value is -4.49. The van der Waals surface area contributed by atoms with Crippen LogP contribution in [0.5, 0.6) is 6.01 Å². The van der Waals surface area contributed by atoms with Gasteiger partial charge in [-0.2, -0.15) is 15.2 Å². The van der Waals surface area contributed by atoms with E-state index in [0.29, 0.717) is 18.4 Å². The maximum atomic E-state index is 16.9. The molecule has 1 aliphatic rings. The largest absolute Gasteiger partial charge is 0.456 e. The van der Waals surface area contributed by atoms with E-state index in [9.17, 15) is 9.65 Å². The molecular weight excluding hydrogens is 643 g/mol. The molecule has 4 N–H and O–H groups in total. The molecule has 0 bridgehead atoms. The molecule has 238 valence electrons. The van der Waals surface area contributed by atoms with Crippen molar-refractivity contribution in [3.8, 4) is 23.2 Å². The number of rotatable bonds is 7. The number of nitrogens with two attached hydrogens (primary N) is 2. The molecule has 0 radical (unpaired) electrons. The van der Waals surface area contributed by atoms with Gasteiger partial charge in [-0.15, -0.1) is 11.3 Å². The molecule has 1 fully saturated rings. The molecule has 1 aliphatic heterocycles. The summed E-state index contributed by atoms with van der Waals surface area (Å²) in [7, 11) is 5.45. The molecule has 6 rings (SSSR count). The van der Waals surface area contributed by atoms with Gasteiger partial charge in [0.2, 0.25) is 0 Å². The summed E-state index contributed by atoms with van der Waals surface area (Å²) >= 11 is 7.46. The van der Waals surface area contributed by atoms with Gasteiger partial charge in [0.15, 0.2) is 5.82 Å². The number of nitrogens with zero attached hydrogens (tertiary/aromatic N) is 7. The molecule has 5 aromatic rings. The van der Waals surface area contributed by atoms with Crippen LogP contribution in [-0.4, -0.2) is 71.3 Å². The van der Waals surface area contributed by atoms with Crippen LogP contribution in [0.1, 0.15) is 24.2 Å². The quantitative estimate of drug-likeness (QED) is 0.232. The predicted molar refractivity (Wildman–Crippen MR) is 170 cm³/mol. The molecule has 0 spiro atoms. The van der Waals surface area contributed by atoms with E-state index in [1.54, 1.807) is 11.9 Å². The van der Waals surface area contributed by atoms with Crippen LogP contribution < -0.4 is 21.1 Å². The second-order valence-corrected chi connectivity index (χ2v) is 12.4. The van der Waals surface area contributed by atoms with Crippen molar-refractivity contribution in [1.29, 1.82) is 5.26 Å². The minimum absolute atomic E-state index is 0.0472. The Kier molecular flexibility index (Phi) is 8.23. The molecule has 4 heterocycles. The van der Waals surface area contributed by atoms with Crippen LogP contribution >= 0.6 is 22.9 Å². The lowest BCUT2D eigenvalue weighted by Crippen LogP contribution is -2.41. The van der Waals surface area contributed by atoms with Crippen molar-refractivity contribution in [3.63, 3.8) is 0 Å². The monoisotopic (exact) mass is 669 g/mol. The third-order valence-corrected chi connectivity index (χ3v) is 9.41. The number of benzene rings is 2. The van der Waals surface area contributed by atoms with Gasteiger partial charge < -0.3 is 30.7 Å². The zero-order valence-electron chi connectivity index (χ0n) is 25.0. The van der Waals surface area contributed by atoms with E-state index >= 15 is 8.78 Å². The number of fused-ring (bicyclic) bond motifs is 2. The third-order valence-electron chi connectivity index (χ3n) is 8.09. The average molecular weight is 670 g/mol. The molecule has 0 amide bonds. The summed E-state index contributed by atoms with van der Waals surface area (Å²) in [5.41, 5.74) is 11.2. The zero-order chi connectivity index (χ0) is 33.0. The van der Waals surface area contributed by atoms with Gasteiger partial charge in [0, 0.05) is 47.4 Å². The Morgan fingerprint density at radius 1 is 1.09 bits per heavy atom. The van der Waals surface area contributed by atoms with E-state index in [4.69, 9.17) is 32.5 Å². The second kappa shape index (κ2) is 12.0.